The van der Waals surface area contributed by atoms with Gasteiger partial charge in [0.1, 0.15) is 0 Å². The van der Waals surface area contributed by atoms with E-state index in [-0.39, 0.29) is 0 Å². The molecule has 26 heavy (non-hydrogen) atoms. The summed E-state index contributed by atoms with van der Waals surface area (Å²) >= 11 is 0. The maximum atomic E-state index is 12.6. The summed E-state index contributed by atoms with van der Waals surface area (Å²) in [7, 11) is 0. The molecule has 1 aromatic carbocycles. The van der Waals surface area contributed by atoms with Crippen molar-refractivity contribution in [2.24, 2.45) is 5.92 Å². The molecule has 0 radical (unpaired) electrons. The molecule has 0 unspecified atom stereocenters. The highest BCUT2D eigenvalue weighted by Crippen LogP contribution is 2.25. The summed E-state index contributed by atoms with van der Waals surface area (Å²) in [5.41, 5.74) is 2.64. The summed E-state index contributed by atoms with van der Waals surface area (Å²) in [5, 5.41) is 3.59. The maximum absolute atomic E-state index is 12.6. The number of carbonyl (C=O) groups excluding carboxylic acids is 1. The van der Waals surface area contributed by atoms with Gasteiger partial charge in [-0.05, 0) is 49.9 Å². The Hall–Kier alpha value is -1.59. The van der Waals surface area contributed by atoms with E-state index in [1.54, 1.807) is 0 Å². The molecule has 3 saturated heterocycles. The first kappa shape index (κ1) is 17.8. The summed E-state index contributed by atoms with van der Waals surface area (Å²) in [4.78, 5) is 19.6. The molecule has 0 bridgehead atoms. The Morgan fingerprint density at radius 2 is 2.04 bits per heavy atom. The number of anilines is 1. The first-order valence-corrected chi connectivity index (χ1v) is 10.2. The zero-order valence-corrected chi connectivity index (χ0v) is 16.0. The van der Waals surface area contributed by atoms with Gasteiger partial charge in [-0.1, -0.05) is 12.1 Å². The van der Waals surface area contributed by atoms with Crippen LogP contribution in [0, 0.1) is 12.8 Å². The van der Waals surface area contributed by atoms with Gasteiger partial charge in [-0.15, -0.1) is 0 Å². The van der Waals surface area contributed by atoms with Crippen LogP contribution in [-0.2, 0) is 4.79 Å². The van der Waals surface area contributed by atoms with E-state index in [1.807, 2.05) is 0 Å². The molecular formula is C21H32N4O. The molecule has 1 aromatic rings. The van der Waals surface area contributed by atoms with Crippen LogP contribution in [0.3, 0.4) is 0 Å². The van der Waals surface area contributed by atoms with Gasteiger partial charge in [0, 0.05) is 64.0 Å². The molecule has 5 nitrogen and oxygen atoms in total. The molecule has 3 heterocycles. The highest BCUT2D eigenvalue weighted by molar-refractivity contribution is 5.76. The Balaban J connectivity index is 1.21. The van der Waals surface area contributed by atoms with Gasteiger partial charge in [0.05, 0.1) is 0 Å². The third-order valence-corrected chi connectivity index (χ3v) is 6.33. The first-order chi connectivity index (χ1) is 12.7. The van der Waals surface area contributed by atoms with Crippen molar-refractivity contribution in [3.63, 3.8) is 0 Å². The summed E-state index contributed by atoms with van der Waals surface area (Å²) in [5.74, 6) is 1.04. The molecule has 0 spiro atoms. The Morgan fingerprint density at radius 1 is 1.19 bits per heavy atom. The Kier molecular flexibility index (Phi) is 5.46. The van der Waals surface area contributed by atoms with Gasteiger partial charge in [0.25, 0.3) is 0 Å². The number of nitrogens with zero attached hydrogens (tertiary/aromatic N) is 3. The Bertz CT molecular complexity index is 612. The van der Waals surface area contributed by atoms with Gasteiger partial charge in [-0.2, -0.15) is 0 Å². The number of aryl methyl sites for hydroxylation is 1. The molecule has 5 heteroatoms. The van der Waals surface area contributed by atoms with Gasteiger partial charge < -0.3 is 15.1 Å². The summed E-state index contributed by atoms with van der Waals surface area (Å²) < 4.78 is 0. The van der Waals surface area contributed by atoms with Gasteiger partial charge >= 0.3 is 0 Å². The van der Waals surface area contributed by atoms with Crippen molar-refractivity contribution in [1.29, 1.82) is 0 Å². The summed E-state index contributed by atoms with van der Waals surface area (Å²) in [6.45, 7) is 10.3. The standard InChI is InChI=1S/C21H32N4O/c1-17-4-2-6-19(14-17)24-12-10-23(11-13-24)9-7-21(26)25-15-18-5-3-8-22-20(18)16-25/h2,4,6,14,18,20,22H,3,5,7-13,15-16H2,1H3/t18-,20+/m0/s1. The number of likely N-dealkylation sites (tertiary alicyclic amines) is 1. The monoisotopic (exact) mass is 356 g/mol. The minimum absolute atomic E-state index is 0.349. The lowest BCUT2D eigenvalue weighted by Gasteiger charge is -2.36. The van der Waals surface area contributed by atoms with E-state index < -0.39 is 0 Å². The smallest absolute Gasteiger partial charge is 0.223 e. The predicted molar refractivity (Wildman–Crippen MR) is 106 cm³/mol. The fourth-order valence-corrected chi connectivity index (χ4v) is 4.72. The van der Waals surface area contributed by atoms with Gasteiger partial charge in [-0.25, -0.2) is 0 Å². The van der Waals surface area contributed by atoms with Crippen LogP contribution in [0.2, 0.25) is 0 Å². The number of piperazine rings is 1. The van der Waals surface area contributed by atoms with E-state index in [9.17, 15) is 4.79 Å². The number of rotatable bonds is 4. The zero-order valence-electron chi connectivity index (χ0n) is 16.0. The summed E-state index contributed by atoms with van der Waals surface area (Å²) in [6.07, 6.45) is 3.21. The largest absolute Gasteiger partial charge is 0.369 e. The van der Waals surface area contributed by atoms with Crippen molar-refractivity contribution in [3.05, 3.63) is 29.8 Å². The third-order valence-electron chi connectivity index (χ3n) is 6.33. The number of piperidine rings is 1. The van der Waals surface area contributed by atoms with Crippen LogP contribution in [0.4, 0.5) is 5.69 Å². The van der Waals surface area contributed by atoms with Crippen molar-refractivity contribution >= 4 is 11.6 Å². The third kappa shape index (κ3) is 4.04. The molecule has 142 valence electrons. The Labute approximate surface area is 157 Å². The maximum Gasteiger partial charge on any atom is 0.223 e. The molecule has 1 amide bonds. The summed E-state index contributed by atoms with van der Waals surface area (Å²) in [6, 6.07) is 9.30. The van der Waals surface area contributed by atoms with Gasteiger partial charge in [-0.3, -0.25) is 9.69 Å². The van der Waals surface area contributed by atoms with Crippen molar-refractivity contribution < 1.29 is 4.79 Å². The number of benzene rings is 1. The second kappa shape index (κ2) is 7.97. The molecule has 4 rings (SSSR count). The second-order valence-electron chi connectivity index (χ2n) is 8.18. The average Bonchev–Trinajstić information content (AvgIpc) is 3.11. The van der Waals surface area contributed by atoms with Crippen LogP contribution in [-0.4, -0.2) is 74.1 Å². The van der Waals surface area contributed by atoms with Crippen molar-refractivity contribution in [2.75, 3.05) is 57.3 Å². The molecular weight excluding hydrogens is 324 g/mol. The van der Waals surface area contributed by atoms with E-state index in [4.69, 9.17) is 0 Å². The number of nitrogens with one attached hydrogen (secondary N) is 1. The minimum Gasteiger partial charge on any atom is -0.369 e. The number of hydrogen-bond donors (Lipinski definition) is 1. The van der Waals surface area contributed by atoms with Crippen LogP contribution in [0.5, 0.6) is 0 Å². The van der Waals surface area contributed by atoms with E-state index >= 15 is 0 Å². The quantitative estimate of drug-likeness (QED) is 0.892. The van der Waals surface area contributed by atoms with Crippen LogP contribution >= 0.6 is 0 Å². The molecule has 0 saturated carbocycles. The molecule has 1 N–H and O–H groups in total. The van der Waals surface area contributed by atoms with Crippen molar-refractivity contribution in [1.82, 2.24) is 15.1 Å². The highest BCUT2D eigenvalue weighted by Gasteiger charge is 2.36. The van der Waals surface area contributed by atoms with Crippen LogP contribution < -0.4 is 10.2 Å². The predicted octanol–water partition coefficient (Wildman–Crippen LogP) is 1.72. The SMILES string of the molecule is Cc1cccc(N2CCN(CCC(=O)N3C[C@@H]4CCCN[C@@H]4C3)CC2)c1. The van der Waals surface area contributed by atoms with Crippen LogP contribution in [0.15, 0.2) is 24.3 Å². The molecule has 3 aliphatic heterocycles. The van der Waals surface area contributed by atoms with E-state index in [1.165, 1.54) is 24.1 Å². The highest BCUT2D eigenvalue weighted by atomic mass is 16.2. The van der Waals surface area contributed by atoms with E-state index in [0.717, 1.165) is 52.4 Å². The van der Waals surface area contributed by atoms with Crippen LogP contribution in [0.1, 0.15) is 24.8 Å². The van der Waals surface area contributed by atoms with E-state index in [2.05, 4.69) is 51.2 Å². The number of amides is 1. The second-order valence-corrected chi connectivity index (χ2v) is 8.18. The number of carbonyl (C=O) groups is 1. The van der Waals surface area contributed by atoms with E-state index in [0.29, 0.717) is 24.3 Å². The van der Waals surface area contributed by atoms with Gasteiger partial charge in [0.15, 0.2) is 0 Å². The van der Waals surface area contributed by atoms with Crippen molar-refractivity contribution in [3.8, 4) is 0 Å². The molecule has 3 fully saturated rings. The lowest BCUT2D eigenvalue weighted by atomic mass is 9.94. The molecule has 0 aliphatic carbocycles. The number of hydrogen-bond acceptors (Lipinski definition) is 4. The van der Waals surface area contributed by atoms with Crippen molar-refractivity contribution in [2.45, 2.75) is 32.2 Å². The average molecular weight is 357 g/mol. The number of fused-ring (bicyclic) bond motifs is 1. The normalized spacial score (nSPS) is 26.8. The molecule has 0 aromatic heterocycles. The van der Waals surface area contributed by atoms with Gasteiger partial charge in [0.2, 0.25) is 5.91 Å². The molecule has 3 aliphatic rings. The Morgan fingerprint density at radius 3 is 2.81 bits per heavy atom. The zero-order chi connectivity index (χ0) is 17.9. The lowest BCUT2D eigenvalue weighted by molar-refractivity contribution is -0.130. The first-order valence-electron chi connectivity index (χ1n) is 10.2. The topological polar surface area (TPSA) is 38.8 Å². The van der Waals surface area contributed by atoms with Crippen LogP contribution in [0.25, 0.3) is 0 Å². The minimum atomic E-state index is 0.349. The fourth-order valence-electron chi connectivity index (χ4n) is 4.72. The fraction of sp³-hybridized carbons (Fsp3) is 0.667. The molecule has 2 atom stereocenters. The lowest BCUT2D eigenvalue weighted by Crippen LogP contribution is -2.47.